The summed E-state index contributed by atoms with van der Waals surface area (Å²) in [5.74, 6) is -2.08. The van der Waals surface area contributed by atoms with Crippen LogP contribution in [0.25, 0.3) is 9.53 Å². The van der Waals surface area contributed by atoms with Gasteiger partial charge in [-0.15, -0.1) is 20.5 Å². The summed E-state index contributed by atoms with van der Waals surface area (Å²) in [5.41, 5.74) is -0.219. The molecule has 4 rings (SSSR count). The molecular formula is C20H10F6N6OS2. The first-order valence-corrected chi connectivity index (χ1v) is 11.0. The highest BCUT2D eigenvalue weighted by Crippen LogP contribution is 2.39. The van der Waals surface area contributed by atoms with Crippen molar-refractivity contribution in [3.63, 3.8) is 0 Å². The minimum absolute atomic E-state index is 0.0426. The first-order chi connectivity index (χ1) is 16.5. The zero-order chi connectivity index (χ0) is 25.2. The Bertz CT molecular complexity index is 1370. The standard InChI is InChI=1S/C20H10F6N6OS2/c21-19(22,23)10-1-3-12(4-2-10)29-31-15-9-14-16(35-15)28-18(34-14)32-30-13-7-5-11(6-8-13)27-17(33)20(24,25)26/h1-9H,(H,27,33). The SMILES string of the molecule is O=C(Nc1ccc(N=Nc2nc3sc(N=Nc4ccc(C(F)(F)F)cc4)cc3s2)cc1)C(F)(F)F. The smallest absolute Gasteiger partial charge is 0.318 e. The molecule has 0 spiro atoms. The lowest BCUT2D eigenvalue weighted by Crippen LogP contribution is -2.29. The number of halogens is 6. The van der Waals surface area contributed by atoms with Gasteiger partial charge in [-0.1, -0.05) is 22.7 Å². The quantitative estimate of drug-likeness (QED) is 0.207. The van der Waals surface area contributed by atoms with Gasteiger partial charge in [-0.25, -0.2) is 4.98 Å². The molecule has 0 aliphatic heterocycles. The number of carbonyl (C=O) groups is 1. The summed E-state index contributed by atoms with van der Waals surface area (Å²) < 4.78 is 75.4. The average molecular weight is 528 g/mol. The second-order valence-corrected chi connectivity index (χ2v) is 8.71. The third kappa shape index (κ3) is 6.24. The van der Waals surface area contributed by atoms with Crippen molar-refractivity contribution in [1.29, 1.82) is 0 Å². The molecule has 2 aromatic heterocycles. The van der Waals surface area contributed by atoms with E-state index in [1.165, 1.54) is 59.1 Å². The van der Waals surface area contributed by atoms with Crippen LogP contribution >= 0.6 is 22.7 Å². The molecule has 15 heteroatoms. The molecule has 1 amide bonds. The second kappa shape index (κ2) is 9.50. The molecule has 0 unspecified atom stereocenters. The number of fused-ring (bicyclic) bond motifs is 1. The van der Waals surface area contributed by atoms with Crippen molar-refractivity contribution in [3.05, 3.63) is 60.2 Å². The van der Waals surface area contributed by atoms with Gasteiger partial charge < -0.3 is 5.32 Å². The van der Waals surface area contributed by atoms with E-state index in [2.05, 4.69) is 25.4 Å². The molecule has 0 aliphatic carbocycles. The maximum atomic E-state index is 12.6. The molecule has 2 heterocycles. The van der Waals surface area contributed by atoms with Crippen LogP contribution in [0, 0.1) is 0 Å². The van der Waals surface area contributed by atoms with E-state index < -0.39 is 23.8 Å². The molecular weight excluding hydrogens is 518 g/mol. The first kappa shape index (κ1) is 24.4. The number of nitrogens with one attached hydrogen (secondary N) is 1. The number of benzene rings is 2. The topological polar surface area (TPSA) is 91.4 Å². The van der Waals surface area contributed by atoms with Gasteiger partial charge in [0.25, 0.3) is 0 Å². The summed E-state index contributed by atoms with van der Waals surface area (Å²) in [6.07, 6.45) is -9.41. The number of hydrogen-bond acceptors (Lipinski definition) is 8. The molecule has 0 aliphatic rings. The predicted molar refractivity (Wildman–Crippen MR) is 118 cm³/mol. The molecule has 1 N–H and O–H groups in total. The monoisotopic (exact) mass is 528 g/mol. The van der Waals surface area contributed by atoms with Crippen LogP contribution in [0.15, 0.2) is 75.1 Å². The third-order valence-corrected chi connectivity index (χ3v) is 6.09. The Hall–Kier alpha value is -3.72. The maximum absolute atomic E-state index is 12.6. The van der Waals surface area contributed by atoms with Crippen LogP contribution in [-0.4, -0.2) is 17.1 Å². The Morgan fingerprint density at radius 2 is 1.40 bits per heavy atom. The maximum Gasteiger partial charge on any atom is 0.471 e. The number of alkyl halides is 6. The van der Waals surface area contributed by atoms with Gasteiger partial charge >= 0.3 is 18.3 Å². The number of thiazole rings is 1. The van der Waals surface area contributed by atoms with Gasteiger partial charge in [-0.05, 0) is 54.6 Å². The third-order valence-electron chi connectivity index (χ3n) is 4.16. The van der Waals surface area contributed by atoms with E-state index in [1.807, 2.05) is 0 Å². The molecule has 0 fully saturated rings. The molecule has 0 radical (unpaired) electrons. The summed E-state index contributed by atoms with van der Waals surface area (Å²) in [6, 6.07) is 11.3. The van der Waals surface area contributed by atoms with Crippen LogP contribution < -0.4 is 5.32 Å². The van der Waals surface area contributed by atoms with Crippen molar-refractivity contribution < 1.29 is 31.1 Å². The molecule has 0 saturated heterocycles. The van der Waals surface area contributed by atoms with Gasteiger partial charge in [0.2, 0.25) is 5.13 Å². The molecule has 0 atom stereocenters. The Morgan fingerprint density at radius 3 is 1.97 bits per heavy atom. The zero-order valence-electron chi connectivity index (χ0n) is 16.9. The number of amides is 1. The van der Waals surface area contributed by atoms with Crippen LogP contribution in [0.1, 0.15) is 5.56 Å². The lowest BCUT2D eigenvalue weighted by atomic mass is 10.2. The fourth-order valence-corrected chi connectivity index (χ4v) is 4.39. The normalized spacial score (nSPS) is 12.7. The molecule has 7 nitrogen and oxygen atoms in total. The van der Waals surface area contributed by atoms with E-state index in [0.717, 1.165) is 16.8 Å². The lowest BCUT2D eigenvalue weighted by Gasteiger charge is -2.07. The number of aromatic nitrogens is 1. The number of azo groups is 2. The fourth-order valence-electron chi connectivity index (χ4n) is 2.54. The minimum Gasteiger partial charge on any atom is -0.318 e. The van der Waals surface area contributed by atoms with E-state index in [1.54, 1.807) is 11.4 Å². The summed E-state index contributed by atoms with van der Waals surface area (Å²) in [4.78, 5) is 15.8. The Balaban J connectivity index is 1.39. The van der Waals surface area contributed by atoms with Crippen LogP contribution in [0.5, 0.6) is 0 Å². The van der Waals surface area contributed by atoms with Crippen LogP contribution in [0.2, 0.25) is 0 Å². The molecule has 0 saturated carbocycles. The number of hydrogen-bond donors (Lipinski definition) is 1. The van der Waals surface area contributed by atoms with Crippen molar-refractivity contribution in [1.82, 2.24) is 4.98 Å². The minimum atomic E-state index is -4.99. The molecule has 2 aromatic carbocycles. The van der Waals surface area contributed by atoms with Crippen molar-refractivity contribution in [2.75, 3.05) is 5.32 Å². The highest BCUT2D eigenvalue weighted by Gasteiger charge is 2.38. The van der Waals surface area contributed by atoms with Gasteiger partial charge in [0.1, 0.15) is 9.83 Å². The van der Waals surface area contributed by atoms with Gasteiger partial charge in [-0.2, -0.15) is 26.3 Å². The molecule has 0 bridgehead atoms. The van der Waals surface area contributed by atoms with Crippen LogP contribution in [0.3, 0.4) is 0 Å². The Kier molecular flexibility index (Phi) is 6.62. The van der Waals surface area contributed by atoms with E-state index in [-0.39, 0.29) is 11.4 Å². The first-order valence-electron chi connectivity index (χ1n) is 9.37. The number of thiophene rings is 1. The van der Waals surface area contributed by atoms with Gasteiger partial charge in [-0.3, -0.25) is 4.79 Å². The van der Waals surface area contributed by atoms with Gasteiger partial charge in [0, 0.05) is 5.69 Å². The van der Waals surface area contributed by atoms with Crippen molar-refractivity contribution in [2.24, 2.45) is 20.5 Å². The number of nitrogens with zero attached hydrogens (tertiary/aromatic N) is 5. The Morgan fingerprint density at radius 1 is 0.800 bits per heavy atom. The van der Waals surface area contributed by atoms with Crippen molar-refractivity contribution in [3.8, 4) is 0 Å². The zero-order valence-corrected chi connectivity index (χ0v) is 18.6. The molecule has 4 aromatic rings. The highest BCUT2D eigenvalue weighted by molar-refractivity contribution is 7.30. The number of rotatable bonds is 5. The van der Waals surface area contributed by atoms with Crippen LogP contribution in [0.4, 0.5) is 53.5 Å². The summed E-state index contributed by atoms with van der Waals surface area (Å²) in [6.45, 7) is 0. The van der Waals surface area contributed by atoms with E-state index >= 15 is 0 Å². The van der Waals surface area contributed by atoms with E-state index in [0.29, 0.717) is 20.7 Å². The van der Waals surface area contributed by atoms with E-state index in [9.17, 15) is 31.1 Å². The van der Waals surface area contributed by atoms with Gasteiger partial charge in [0.05, 0.1) is 21.6 Å². The fraction of sp³-hybridized carbons (Fsp3) is 0.100. The summed E-state index contributed by atoms with van der Waals surface area (Å²) in [7, 11) is 0. The van der Waals surface area contributed by atoms with Crippen molar-refractivity contribution in [2.45, 2.75) is 12.4 Å². The highest BCUT2D eigenvalue weighted by atomic mass is 32.1. The van der Waals surface area contributed by atoms with E-state index in [4.69, 9.17) is 0 Å². The lowest BCUT2D eigenvalue weighted by molar-refractivity contribution is -0.167. The summed E-state index contributed by atoms with van der Waals surface area (Å²) >= 11 is 2.41. The molecule has 180 valence electrons. The number of carbonyl (C=O) groups excluding carboxylic acids is 1. The van der Waals surface area contributed by atoms with Crippen molar-refractivity contribution >= 4 is 65.3 Å². The largest absolute Gasteiger partial charge is 0.471 e. The van der Waals surface area contributed by atoms with Gasteiger partial charge in [0.15, 0.2) is 0 Å². The second-order valence-electron chi connectivity index (χ2n) is 6.69. The van der Waals surface area contributed by atoms with Crippen LogP contribution in [-0.2, 0) is 11.0 Å². The Labute approximate surface area is 199 Å². The number of anilines is 1. The molecule has 35 heavy (non-hydrogen) atoms. The summed E-state index contributed by atoms with van der Waals surface area (Å²) in [5, 5.41) is 18.5. The average Bonchev–Trinajstić information content (AvgIpc) is 3.34. The predicted octanol–water partition coefficient (Wildman–Crippen LogP) is 8.71.